The Labute approximate surface area is 91.0 Å². The van der Waals surface area contributed by atoms with Crippen LogP contribution in [0.1, 0.15) is 12.8 Å². The third-order valence-corrected chi connectivity index (χ3v) is 2.27. The summed E-state index contributed by atoms with van der Waals surface area (Å²) < 4.78 is 0. The number of hydrogen-bond acceptors (Lipinski definition) is 4. The Kier molecular flexibility index (Phi) is 7.43. The second-order valence-corrected chi connectivity index (χ2v) is 3.72. The number of aliphatic carboxylic acids is 2. The van der Waals surface area contributed by atoms with Crippen molar-refractivity contribution in [1.82, 2.24) is 5.32 Å². The molecule has 0 aliphatic rings. The summed E-state index contributed by atoms with van der Waals surface area (Å²) >= 11 is 1.01. The molecule has 6 nitrogen and oxygen atoms in total. The summed E-state index contributed by atoms with van der Waals surface area (Å²) in [6.07, 6.45) is 0.396. The Morgan fingerprint density at radius 3 is 2.27 bits per heavy atom. The van der Waals surface area contributed by atoms with Gasteiger partial charge in [0.05, 0.1) is 11.5 Å². The molecule has 15 heavy (non-hydrogen) atoms. The van der Waals surface area contributed by atoms with Crippen LogP contribution in [0.5, 0.6) is 0 Å². The molecule has 0 aliphatic heterocycles. The molecule has 0 aromatic heterocycles. The van der Waals surface area contributed by atoms with E-state index in [0.29, 0.717) is 13.0 Å². The largest absolute Gasteiger partial charge is 0.481 e. The minimum atomic E-state index is -0.960. The summed E-state index contributed by atoms with van der Waals surface area (Å²) in [5.74, 6) is -2.16. The Morgan fingerprint density at radius 1 is 1.07 bits per heavy atom. The lowest BCUT2D eigenvalue weighted by Crippen LogP contribution is -2.26. The third kappa shape index (κ3) is 10.7. The molecule has 0 fully saturated rings. The molecule has 86 valence electrons. The average Bonchev–Trinajstić information content (AvgIpc) is 2.11. The number of carboxylic acids is 2. The second-order valence-electron chi connectivity index (χ2n) is 2.73. The standard InChI is InChI=1S/C8H13NO5S/c10-6(4-15-5-8(13)14)9-3-1-2-7(11)12/h1-5H2,(H,9,10)(H,11,12)(H,13,14). The Hall–Kier alpha value is -1.24. The fraction of sp³-hybridized carbons (Fsp3) is 0.625. The summed E-state index contributed by atoms with van der Waals surface area (Å²) in [4.78, 5) is 31.2. The zero-order valence-corrected chi connectivity index (χ0v) is 8.88. The van der Waals surface area contributed by atoms with Crippen molar-refractivity contribution in [3.8, 4) is 0 Å². The number of hydrogen-bond donors (Lipinski definition) is 3. The van der Waals surface area contributed by atoms with Gasteiger partial charge in [0.25, 0.3) is 0 Å². The molecule has 0 aliphatic carbocycles. The molecule has 0 saturated carbocycles. The van der Waals surface area contributed by atoms with Crippen LogP contribution >= 0.6 is 11.8 Å². The van der Waals surface area contributed by atoms with E-state index in [9.17, 15) is 14.4 Å². The van der Waals surface area contributed by atoms with Gasteiger partial charge in [-0.25, -0.2) is 0 Å². The quantitative estimate of drug-likeness (QED) is 0.503. The van der Waals surface area contributed by atoms with Crippen molar-refractivity contribution in [2.75, 3.05) is 18.1 Å². The van der Waals surface area contributed by atoms with Gasteiger partial charge in [-0.05, 0) is 6.42 Å². The van der Waals surface area contributed by atoms with Crippen molar-refractivity contribution in [3.63, 3.8) is 0 Å². The van der Waals surface area contributed by atoms with Crippen molar-refractivity contribution >= 4 is 29.6 Å². The van der Waals surface area contributed by atoms with E-state index in [4.69, 9.17) is 10.2 Å². The maximum Gasteiger partial charge on any atom is 0.313 e. The first-order valence-corrected chi connectivity index (χ1v) is 5.46. The monoisotopic (exact) mass is 235 g/mol. The summed E-state index contributed by atoms with van der Waals surface area (Å²) in [5.41, 5.74) is 0. The molecule has 0 unspecified atom stereocenters. The van der Waals surface area contributed by atoms with Crippen LogP contribution in [-0.4, -0.2) is 46.1 Å². The maximum atomic E-state index is 11.0. The fourth-order valence-corrected chi connectivity index (χ4v) is 1.31. The van der Waals surface area contributed by atoms with Gasteiger partial charge in [0.2, 0.25) is 5.91 Å². The van der Waals surface area contributed by atoms with Gasteiger partial charge in [-0.1, -0.05) is 0 Å². The van der Waals surface area contributed by atoms with Gasteiger partial charge in [-0.3, -0.25) is 14.4 Å². The Morgan fingerprint density at radius 2 is 1.73 bits per heavy atom. The van der Waals surface area contributed by atoms with Crippen LogP contribution in [0.25, 0.3) is 0 Å². The molecular weight excluding hydrogens is 222 g/mol. The molecule has 0 rings (SSSR count). The van der Waals surface area contributed by atoms with Crippen LogP contribution < -0.4 is 5.32 Å². The van der Waals surface area contributed by atoms with Crippen LogP contribution in [-0.2, 0) is 14.4 Å². The van der Waals surface area contributed by atoms with E-state index in [1.54, 1.807) is 0 Å². The summed E-state index contributed by atoms with van der Waals surface area (Å²) in [7, 11) is 0. The van der Waals surface area contributed by atoms with Crippen molar-refractivity contribution in [2.45, 2.75) is 12.8 Å². The van der Waals surface area contributed by atoms with Crippen molar-refractivity contribution in [3.05, 3.63) is 0 Å². The first-order chi connectivity index (χ1) is 7.02. The molecule has 1 amide bonds. The zero-order chi connectivity index (χ0) is 11.7. The highest BCUT2D eigenvalue weighted by Crippen LogP contribution is 1.98. The van der Waals surface area contributed by atoms with Crippen molar-refractivity contribution in [1.29, 1.82) is 0 Å². The number of carbonyl (C=O) groups excluding carboxylic acids is 1. The van der Waals surface area contributed by atoms with Crippen LogP contribution in [0.4, 0.5) is 0 Å². The smallest absolute Gasteiger partial charge is 0.313 e. The highest BCUT2D eigenvalue weighted by Gasteiger charge is 2.03. The number of nitrogens with one attached hydrogen (secondary N) is 1. The Balaban J connectivity index is 3.33. The van der Waals surface area contributed by atoms with Crippen LogP contribution in [0.2, 0.25) is 0 Å². The van der Waals surface area contributed by atoms with Gasteiger partial charge >= 0.3 is 11.9 Å². The molecular formula is C8H13NO5S. The van der Waals surface area contributed by atoms with E-state index in [1.165, 1.54) is 0 Å². The number of carbonyl (C=O) groups is 3. The molecule has 7 heteroatoms. The van der Waals surface area contributed by atoms with Crippen molar-refractivity contribution in [2.24, 2.45) is 0 Å². The number of amides is 1. The van der Waals surface area contributed by atoms with E-state index < -0.39 is 11.9 Å². The Bertz CT molecular complexity index is 243. The van der Waals surface area contributed by atoms with Gasteiger partial charge in [-0.2, -0.15) is 0 Å². The highest BCUT2D eigenvalue weighted by atomic mass is 32.2. The fourth-order valence-electron chi connectivity index (χ4n) is 0.749. The molecule has 0 heterocycles. The summed E-state index contributed by atoms with van der Waals surface area (Å²) in [6.45, 7) is 0.304. The second kappa shape index (κ2) is 8.10. The van der Waals surface area contributed by atoms with Gasteiger partial charge in [0.15, 0.2) is 0 Å². The van der Waals surface area contributed by atoms with E-state index in [0.717, 1.165) is 11.8 Å². The maximum absolute atomic E-state index is 11.0. The molecule has 3 N–H and O–H groups in total. The average molecular weight is 235 g/mol. The predicted molar refractivity (Wildman–Crippen MR) is 54.8 cm³/mol. The molecule has 0 atom stereocenters. The van der Waals surface area contributed by atoms with Gasteiger partial charge in [0, 0.05) is 13.0 Å². The molecule has 0 aromatic rings. The number of carboxylic acid groups (broad SMARTS) is 2. The summed E-state index contributed by atoms with van der Waals surface area (Å²) in [6, 6.07) is 0. The normalized spacial score (nSPS) is 9.60. The molecule has 0 bridgehead atoms. The van der Waals surface area contributed by atoms with E-state index in [2.05, 4.69) is 5.32 Å². The van der Waals surface area contributed by atoms with E-state index >= 15 is 0 Å². The van der Waals surface area contributed by atoms with Gasteiger partial charge < -0.3 is 15.5 Å². The topological polar surface area (TPSA) is 104 Å². The van der Waals surface area contributed by atoms with Crippen LogP contribution in [0.3, 0.4) is 0 Å². The minimum absolute atomic E-state index is 0.0164. The SMILES string of the molecule is O=C(O)CCCNC(=O)CSCC(=O)O. The first-order valence-electron chi connectivity index (χ1n) is 4.30. The molecule has 0 radical (unpaired) electrons. The zero-order valence-electron chi connectivity index (χ0n) is 8.06. The molecule has 0 spiro atoms. The number of thioether (sulfide) groups is 1. The van der Waals surface area contributed by atoms with Gasteiger partial charge in [-0.15, -0.1) is 11.8 Å². The molecule has 0 saturated heterocycles. The number of rotatable bonds is 8. The van der Waals surface area contributed by atoms with E-state index in [1.807, 2.05) is 0 Å². The lowest BCUT2D eigenvalue weighted by atomic mass is 10.3. The molecule has 0 aromatic carbocycles. The van der Waals surface area contributed by atoms with Gasteiger partial charge in [0.1, 0.15) is 0 Å². The van der Waals surface area contributed by atoms with Crippen LogP contribution in [0.15, 0.2) is 0 Å². The van der Waals surface area contributed by atoms with Crippen molar-refractivity contribution < 1.29 is 24.6 Å². The first kappa shape index (κ1) is 13.8. The predicted octanol–water partition coefficient (Wildman–Crippen LogP) is -0.215. The van der Waals surface area contributed by atoms with E-state index in [-0.39, 0.29) is 23.8 Å². The minimum Gasteiger partial charge on any atom is -0.481 e. The lowest BCUT2D eigenvalue weighted by molar-refractivity contribution is -0.137. The summed E-state index contributed by atoms with van der Waals surface area (Å²) in [5, 5.41) is 19.1. The lowest BCUT2D eigenvalue weighted by Gasteiger charge is -2.02. The highest BCUT2D eigenvalue weighted by molar-refractivity contribution is 8.00. The van der Waals surface area contributed by atoms with Crippen LogP contribution in [0, 0.1) is 0 Å². The third-order valence-electron chi connectivity index (χ3n) is 1.35.